The minimum absolute atomic E-state index is 0.0532. The van der Waals surface area contributed by atoms with Gasteiger partial charge in [0, 0.05) is 18.2 Å². The minimum Gasteiger partial charge on any atom is -0.467 e. The number of rotatable bonds is 7. The first kappa shape index (κ1) is 20.5. The largest absolute Gasteiger partial charge is 0.467 e. The van der Waals surface area contributed by atoms with Crippen LogP contribution in [0.15, 0.2) is 24.3 Å². The van der Waals surface area contributed by atoms with Gasteiger partial charge in [-0.05, 0) is 53.7 Å². The summed E-state index contributed by atoms with van der Waals surface area (Å²) in [5.41, 5.74) is -0.0767. The molecule has 0 saturated heterocycles. The molecule has 5 nitrogen and oxygen atoms in total. The summed E-state index contributed by atoms with van der Waals surface area (Å²) in [4.78, 5) is 15.1. The lowest BCUT2D eigenvalue weighted by Crippen LogP contribution is -2.55. The van der Waals surface area contributed by atoms with Crippen LogP contribution >= 0.6 is 0 Å². The van der Waals surface area contributed by atoms with Crippen LogP contribution in [0.1, 0.15) is 51.9 Å². The summed E-state index contributed by atoms with van der Waals surface area (Å²) in [5, 5.41) is 0. The van der Waals surface area contributed by atoms with E-state index in [2.05, 4.69) is 0 Å². The van der Waals surface area contributed by atoms with Crippen molar-refractivity contribution in [2.75, 3.05) is 27.1 Å². The van der Waals surface area contributed by atoms with Crippen LogP contribution in [0.3, 0.4) is 0 Å². The van der Waals surface area contributed by atoms with Crippen molar-refractivity contribution >= 4 is 5.91 Å². The van der Waals surface area contributed by atoms with E-state index in [9.17, 15) is 4.79 Å². The Kier molecular flexibility index (Phi) is 7.24. The number of methoxy groups -OCH3 is 1. The molecule has 0 aliphatic carbocycles. The molecule has 5 heteroatoms. The summed E-state index contributed by atoms with van der Waals surface area (Å²) < 4.78 is 15.9. The third kappa shape index (κ3) is 5.80. The van der Waals surface area contributed by atoms with Crippen LogP contribution in [-0.4, -0.2) is 49.0 Å². The van der Waals surface area contributed by atoms with E-state index >= 15 is 0 Å². The van der Waals surface area contributed by atoms with E-state index < -0.39 is 0 Å². The third-order valence-corrected chi connectivity index (χ3v) is 3.39. The van der Waals surface area contributed by atoms with Crippen molar-refractivity contribution in [3.05, 3.63) is 29.8 Å². The van der Waals surface area contributed by atoms with Crippen LogP contribution < -0.4 is 4.74 Å². The highest BCUT2D eigenvalue weighted by Crippen LogP contribution is 2.30. The standard InChI is InChI=1S/C19H31NO4/c1-18(2,3)20(19(4,5)6)17(21)15-10-8-9-11-16(15)24-14-23-13-12-22-7/h8-11H,12-14H2,1-7H3. The number of amides is 1. The number of carbonyl (C=O) groups excluding carboxylic acids is 1. The minimum atomic E-state index is -0.308. The van der Waals surface area contributed by atoms with Gasteiger partial charge in [-0.15, -0.1) is 0 Å². The lowest BCUT2D eigenvalue weighted by Gasteiger charge is -2.45. The van der Waals surface area contributed by atoms with E-state index in [0.29, 0.717) is 24.5 Å². The maximum atomic E-state index is 13.2. The van der Waals surface area contributed by atoms with Crippen molar-refractivity contribution in [1.29, 1.82) is 0 Å². The van der Waals surface area contributed by atoms with Crippen LogP contribution in [0.2, 0.25) is 0 Å². The van der Waals surface area contributed by atoms with Crippen molar-refractivity contribution in [2.45, 2.75) is 52.6 Å². The zero-order valence-electron chi connectivity index (χ0n) is 16.0. The van der Waals surface area contributed by atoms with E-state index in [4.69, 9.17) is 14.2 Å². The molecule has 1 aromatic carbocycles. The molecule has 0 aromatic heterocycles. The highest BCUT2D eigenvalue weighted by atomic mass is 16.7. The van der Waals surface area contributed by atoms with Gasteiger partial charge in [0.2, 0.25) is 0 Å². The summed E-state index contributed by atoms with van der Waals surface area (Å²) in [6.07, 6.45) is 0. The van der Waals surface area contributed by atoms with Gasteiger partial charge >= 0.3 is 0 Å². The maximum absolute atomic E-state index is 13.2. The van der Waals surface area contributed by atoms with E-state index in [1.807, 2.05) is 58.6 Å². The summed E-state index contributed by atoms with van der Waals surface area (Å²) in [5.74, 6) is 0.473. The predicted octanol–water partition coefficient (Wildman–Crippen LogP) is 3.73. The van der Waals surface area contributed by atoms with E-state index in [-0.39, 0.29) is 23.8 Å². The lowest BCUT2D eigenvalue weighted by atomic mass is 9.94. The number of carbonyl (C=O) groups is 1. The van der Waals surface area contributed by atoms with Gasteiger partial charge < -0.3 is 19.1 Å². The Morgan fingerprint density at radius 1 is 1.00 bits per heavy atom. The van der Waals surface area contributed by atoms with Crippen molar-refractivity contribution < 1.29 is 19.0 Å². The summed E-state index contributed by atoms with van der Waals surface area (Å²) >= 11 is 0. The van der Waals surface area contributed by atoms with Crippen molar-refractivity contribution in [2.24, 2.45) is 0 Å². The van der Waals surface area contributed by atoms with Crippen LogP contribution in [0, 0.1) is 0 Å². The molecular weight excluding hydrogens is 306 g/mol. The first-order valence-electron chi connectivity index (χ1n) is 8.22. The van der Waals surface area contributed by atoms with Gasteiger partial charge in [0.15, 0.2) is 6.79 Å². The number of hydrogen-bond acceptors (Lipinski definition) is 4. The van der Waals surface area contributed by atoms with E-state index in [1.165, 1.54) is 0 Å². The van der Waals surface area contributed by atoms with Crippen LogP contribution in [0.25, 0.3) is 0 Å². The number of para-hydroxylation sites is 1. The fourth-order valence-corrected chi connectivity index (χ4v) is 2.81. The molecule has 0 spiro atoms. The first-order chi connectivity index (χ1) is 11.1. The molecule has 0 bridgehead atoms. The number of nitrogens with zero attached hydrogens (tertiary/aromatic N) is 1. The second kappa shape index (κ2) is 8.49. The summed E-state index contributed by atoms with van der Waals surface area (Å²) in [6, 6.07) is 7.27. The highest BCUT2D eigenvalue weighted by Gasteiger charge is 2.37. The molecule has 24 heavy (non-hydrogen) atoms. The Morgan fingerprint density at radius 2 is 1.58 bits per heavy atom. The second-order valence-electron chi connectivity index (χ2n) is 7.64. The molecule has 0 fully saturated rings. The van der Waals surface area contributed by atoms with Crippen LogP contribution in [0.5, 0.6) is 5.75 Å². The van der Waals surface area contributed by atoms with Crippen molar-refractivity contribution in [3.63, 3.8) is 0 Å². The number of ether oxygens (including phenoxy) is 3. The quantitative estimate of drug-likeness (QED) is 0.562. The lowest BCUT2D eigenvalue weighted by molar-refractivity contribution is -0.00944. The fourth-order valence-electron chi connectivity index (χ4n) is 2.81. The molecule has 0 aliphatic heterocycles. The van der Waals surface area contributed by atoms with Gasteiger partial charge in [-0.2, -0.15) is 0 Å². The maximum Gasteiger partial charge on any atom is 0.258 e. The average Bonchev–Trinajstić information content (AvgIpc) is 2.44. The SMILES string of the molecule is COCCOCOc1ccccc1C(=O)N(C(C)(C)C)C(C)(C)C. The Hall–Kier alpha value is -1.59. The molecule has 1 aromatic rings. The normalized spacial score (nSPS) is 12.1. The second-order valence-corrected chi connectivity index (χ2v) is 7.64. The fraction of sp³-hybridized carbons (Fsp3) is 0.632. The van der Waals surface area contributed by atoms with E-state index in [0.717, 1.165) is 0 Å². The molecule has 136 valence electrons. The molecule has 0 aliphatic rings. The Labute approximate surface area is 145 Å². The van der Waals surface area contributed by atoms with Gasteiger partial charge in [0.25, 0.3) is 5.91 Å². The zero-order chi connectivity index (χ0) is 18.4. The van der Waals surface area contributed by atoms with Gasteiger partial charge in [0.1, 0.15) is 5.75 Å². The molecule has 0 heterocycles. The third-order valence-electron chi connectivity index (χ3n) is 3.39. The summed E-state index contributed by atoms with van der Waals surface area (Å²) in [6.45, 7) is 13.2. The van der Waals surface area contributed by atoms with Crippen LogP contribution in [0.4, 0.5) is 0 Å². The average molecular weight is 337 g/mol. The highest BCUT2D eigenvalue weighted by molar-refractivity contribution is 5.97. The van der Waals surface area contributed by atoms with Crippen LogP contribution in [-0.2, 0) is 9.47 Å². The van der Waals surface area contributed by atoms with E-state index in [1.54, 1.807) is 19.2 Å². The number of hydrogen-bond donors (Lipinski definition) is 0. The Morgan fingerprint density at radius 3 is 2.12 bits per heavy atom. The van der Waals surface area contributed by atoms with Crippen molar-refractivity contribution in [1.82, 2.24) is 4.90 Å². The monoisotopic (exact) mass is 337 g/mol. The Balaban J connectivity index is 2.97. The molecule has 1 rings (SSSR count). The van der Waals surface area contributed by atoms with Gasteiger partial charge in [-0.25, -0.2) is 0 Å². The molecular formula is C19H31NO4. The van der Waals surface area contributed by atoms with Crippen molar-refractivity contribution in [3.8, 4) is 5.75 Å². The van der Waals surface area contributed by atoms with Gasteiger partial charge in [-0.3, -0.25) is 4.79 Å². The predicted molar refractivity (Wildman–Crippen MR) is 95.4 cm³/mol. The molecule has 0 radical (unpaired) electrons. The molecule has 1 amide bonds. The topological polar surface area (TPSA) is 48.0 Å². The molecule has 0 N–H and O–H groups in total. The summed E-state index contributed by atoms with van der Waals surface area (Å²) in [7, 11) is 1.62. The zero-order valence-corrected chi connectivity index (χ0v) is 16.0. The Bertz CT molecular complexity index is 515. The van der Waals surface area contributed by atoms with Gasteiger partial charge in [-0.1, -0.05) is 12.1 Å². The number of benzene rings is 1. The molecule has 0 saturated carbocycles. The first-order valence-corrected chi connectivity index (χ1v) is 8.22. The van der Waals surface area contributed by atoms with Gasteiger partial charge in [0.05, 0.1) is 18.8 Å². The molecule has 0 atom stereocenters. The molecule has 0 unspecified atom stereocenters. The smallest absolute Gasteiger partial charge is 0.258 e.